The summed E-state index contributed by atoms with van der Waals surface area (Å²) in [5, 5.41) is 2.97. The Bertz CT molecular complexity index is 2420. The van der Waals surface area contributed by atoms with E-state index in [0.717, 1.165) is 61.2 Å². The summed E-state index contributed by atoms with van der Waals surface area (Å²) >= 11 is 1.06. The Morgan fingerprint density at radius 1 is 0.391 bits per heavy atom. The zero-order chi connectivity index (χ0) is 31.7. The van der Waals surface area contributed by atoms with Gasteiger partial charge in [-0.25, -0.2) is 9.97 Å². The fraction of sp³-hybridized carbons (Fsp3) is 0. The molecule has 219 valence electrons. The van der Waals surface area contributed by atoms with Gasteiger partial charge in [0.25, 0.3) is 0 Å². The first-order valence-corrected chi connectivity index (χ1v) is 14.4. The van der Waals surface area contributed by atoms with E-state index in [0.29, 0.717) is 68.6 Å². The molecule has 5 heterocycles. The minimum atomic E-state index is 0.413. The average molecular weight is 640 g/mol. The van der Waals surface area contributed by atoms with Gasteiger partial charge in [0, 0.05) is 67.6 Å². The molecule has 0 unspecified atom stereocenters. The summed E-state index contributed by atoms with van der Waals surface area (Å²) in [6.07, 6.45) is 0. The number of aromatic nitrogens is 8. The number of anilines is 4. The molecule has 13 nitrogen and oxygen atoms in total. The molecule has 0 aliphatic carbocycles. The van der Waals surface area contributed by atoms with Gasteiger partial charge in [-0.3, -0.25) is 0 Å². The maximum atomic E-state index is 8.19. The van der Waals surface area contributed by atoms with E-state index in [-0.39, 0.29) is 0 Å². The molecule has 0 amide bonds. The van der Waals surface area contributed by atoms with Gasteiger partial charge in [0.2, 0.25) is 0 Å². The molecule has 14 heteroatoms. The monoisotopic (exact) mass is 639 g/mol. The van der Waals surface area contributed by atoms with Crippen molar-refractivity contribution in [3.8, 4) is 45.6 Å². The molecule has 4 aromatic carbocycles. The molecule has 0 fully saturated rings. The molecule has 3 aromatic heterocycles. The van der Waals surface area contributed by atoms with E-state index >= 15 is 0 Å². The fourth-order valence-electron chi connectivity index (χ4n) is 5.73. The quantitative estimate of drug-likeness (QED) is 0.170. The SMILES string of the molecule is Nc1ccc2c(c1)-c1nc-2nc2[n-]c(nc3nc(nc4[n-]c(n1)c1ccc(N)cc41)-c1ccc(N)cc1-3)c1ccc(N)cc21.[O]=[V+2]. The predicted octanol–water partition coefficient (Wildman–Crippen LogP) is 4.33. The van der Waals surface area contributed by atoms with E-state index in [9.17, 15) is 0 Å². The summed E-state index contributed by atoms with van der Waals surface area (Å²) in [6, 6.07) is 22.0. The van der Waals surface area contributed by atoms with E-state index in [1.165, 1.54) is 0 Å². The molecule has 0 saturated carbocycles. The minimum absolute atomic E-state index is 0.413. The van der Waals surface area contributed by atoms with Crippen LogP contribution in [0.3, 0.4) is 0 Å². The van der Waals surface area contributed by atoms with Crippen LogP contribution in [0.15, 0.2) is 72.8 Å². The fourth-order valence-corrected chi connectivity index (χ4v) is 5.73. The topological polar surface area (TPSA) is 227 Å². The molecule has 9 rings (SSSR count). The van der Waals surface area contributed by atoms with Crippen molar-refractivity contribution >= 4 is 66.9 Å². The van der Waals surface area contributed by atoms with Gasteiger partial charge < -0.3 is 52.8 Å². The van der Waals surface area contributed by atoms with Crippen LogP contribution in [0.2, 0.25) is 0 Å². The van der Waals surface area contributed by atoms with Crippen molar-refractivity contribution in [3.05, 3.63) is 72.8 Å². The van der Waals surface area contributed by atoms with Crippen LogP contribution >= 0.6 is 0 Å². The standard InChI is InChI=1S/C32H20N12.O.V/c33-13-1-5-17-21(9-13)29-37-25(17)41-30-22-10-14(34)2-6-18(22)27(38-30)43-32-24-12-16(36)4-8-20(24)28(40-32)44-31-23-11-15(35)3-7-19(23)26(39-31)42-29;;/h1-12H,33-36H2;;/q-2;;+2. The Labute approximate surface area is 268 Å². The second-order valence-corrected chi connectivity index (χ2v) is 10.7. The molecule has 8 bridgehead atoms. The summed E-state index contributed by atoms with van der Waals surface area (Å²) in [6.45, 7) is 0. The molecule has 0 atom stereocenters. The molecular formula is C32H20N12OV. The molecule has 0 saturated heterocycles. The van der Waals surface area contributed by atoms with Gasteiger partial charge in [-0.1, -0.05) is 12.1 Å². The number of rotatable bonds is 0. The first kappa shape index (κ1) is 27.4. The first-order chi connectivity index (χ1) is 22.4. The van der Waals surface area contributed by atoms with E-state index in [2.05, 4.69) is 0 Å². The van der Waals surface area contributed by atoms with E-state index in [1.54, 1.807) is 24.3 Å². The third-order valence-electron chi connectivity index (χ3n) is 7.80. The van der Waals surface area contributed by atoms with Crippen LogP contribution in [-0.4, -0.2) is 29.9 Å². The zero-order valence-corrected chi connectivity index (χ0v) is 25.1. The van der Waals surface area contributed by atoms with Gasteiger partial charge in [-0.2, -0.15) is 0 Å². The van der Waals surface area contributed by atoms with E-state index in [4.69, 9.17) is 66.5 Å². The van der Waals surface area contributed by atoms with Gasteiger partial charge in [-0.15, -0.1) is 0 Å². The number of nitrogens with zero attached hydrogens (tertiary/aromatic N) is 8. The summed E-state index contributed by atoms with van der Waals surface area (Å²) in [5.41, 5.74) is 31.7. The molecule has 0 radical (unpaired) electrons. The van der Waals surface area contributed by atoms with Crippen molar-refractivity contribution < 1.29 is 21.0 Å². The number of nitrogen functional groups attached to an aromatic ring is 4. The molecular weight excluding hydrogens is 619 g/mol. The van der Waals surface area contributed by atoms with Crippen LogP contribution < -0.4 is 32.9 Å². The summed E-state index contributed by atoms with van der Waals surface area (Å²) in [7, 11) is 0. The Morgan fingerprint density at radius 3 is 1.13 bits per heavy atom. The number of hydrogen-bond acceptors (Lipinski definition) is 11. The number of benzene rings is 4. The van der Waals surface area contributed by atoms with Gasteiger partial charge >= 0.3 is 21.0 Å². The predicted molar refractivity (Wildman–Crippen MR) is 172 cm³/mol. The molecule has 2 aliphatic rings. The van der Waals surface area contributed by atoms with Crippen LogP contribution in [-0.2, 0) is 21.0 Å². The van der Waals surface area contributed by atoms with E-state index in [1.807, 2.05) is 48.5 Å². The number of hydrogen-bond donors (Lipinski definition) is 4. The van der Waals surface area contributed by atoms with Crippen LogP contribution in [0.25, 0.3) is 89.7 Å². The van der Waals surface area contributed by atoms with Crippen molar-refractivity contribution in [1.29, 1.82) is 0 Å². The van der Waals surface area contributed by atoms with Crippen molar-refractivity contribution in [2.24, 2.45) is 0 Å². The molecule has 8 N–H and O–H groups in total. The van der Waals surface area contributed by atoms with Gasteiger partial charge in [0.05, 0.1) is 23.3 Å². The molecule has 2 aliphatic heterocycles. The van der Waals surface area contributed by atoms with Crippen LogP contribution in [0.4, 0.5) is 22.7 Å². The summed E-state index contributed by atoms with van der Waals surface area (Å²) in [4.78, 5) is 39.0. The summed E-state index contributed by atoms with van der Waals surface area (Å²) in [5.74, 6) is 1.68. The Morgan fingerprint density at radius 2 is 0.717 bits per heavy atom. The van der Waals surface area contributed by atoms with Crippen LogP contribution in [0.5, 0.6) is 0 Å². The van der Waals surface area contributed by atoms with Crippen molar-refractivity contribution in [3.63, 3.8) is 0 Å². The number of nitrogens with two attached hydrogens (primary N) is 4. The van der Waals surface area contributed by atoms with Gasteiger partial charge in [0.1, 0.15) is 0 Å². The van der Waals surface area contributed by atoms with Crippen LogP contribution in [0, 0.1) is 0 Å². The molecule has 46 heavy (non-hydrogen) atoms. The second-order valence-electron chi connectivity index (χ2n) is 10.7. The molecule has 7 aromatic rings. The number of fused-ring (bicyclic) bond motifs is 20. The Hall–Kier alpha value is -6.18. The van der Waals surface area contributed by atoms with Gasteiger partial charge in [-0.05, 0) is 82.2 Å². The Kier molecular flexibility index (Phi) is 6.07. The van der Waals surface area contributed by atoms with Crippen LogP contribution in [0.1, 0.15) is 0 Å². The third kappa shape index (κ3) is 4.25. The second kappa shape index (κ2) is 10.2. The van der Waals surface area contributed by atoms with Gasteiger partial charge in [0.15, 0.2) is 0 Å². The maximum absolute atomic E-state index is 8.19. The van der Waals surface area contributed by atoms with Crippen molar-refractivity contribution in [1.82, 2.24) is 39.9 Å². The average Bonchev–Trinajstić information content (AvgIpc) is 3.76. The third-order valence-corrected chi connectivity index (χ3v) is 7.80. The van der Waals surface area contributed by atoms with Crippen molar-refractivity contribution in [2.45, 2.75) is 0 Å². The van der Waals surface area contributed by atoms with Crippen molar-refractivity contribution in [2.75, 3.05) is 22.9 Å². The Balaban J connectivity index is 0.00000153. The molecule has 0 spiro atoms. The normalized spacial score (nSPS) is 11.6. The first-order valence-electron chi connectivity index (χ1n) is 13.9. The zero-order valence-electron chi connectivity index (χ0n) is 23.7. The summed E-state index contributed by atoms with van der Waals surface area (Å²) < 4.78 is 8.19. The van der Waals surface area contributed by atoms with E-state index < -0.39 is 0 Å².